The van der Waals surface area contributed by atoms with Gasteiger partial charge < -0.3 is 0 Å². The van der Waals surface area contributed by atoms with E-state index in [0.717, 1.165) is 4.90 Å². The van der Waals surface area contributed by atoms with Gasteiger partial charge in [0.05, 0.1) is 11.0 Å². The summed E-state index contributed by atoms with van der Waals surface area (Å²) in [5.41, 5.74) is 1.18. The Balaban J connectivity index is 2.28. The summed E-state index contributed by atoms with van der Waals surface area (Å²) in [5, 5.41) is 0. The second-order valence-corrected chi connectivity index (χ2v) is 4.38. The zero-order chi connectivity index (χ0) is 13.6. The van der Waals surface area contributed by atoms with E-state index < -0.39 is 0 Å². The van der Waals surface area contributed by atoms with Crippen molar-refractivity contribution in [2.45, 2.75) is 19.8 Å². The van der Waals surface area contributed by atoms with Gasteiger partial charge in [0.1, 0.15) is 0 Å². The molecule has 0 spiro atoms. The van der Waals surface area contributed by atoms with Gasteiger partial charge in [0.2, 0.25) is 23.7 Å². The molecule has 1 aromatic carbocycles. The Hall–Kier alpha value is -2.50. The van der Waals surface area contributed by atoms with Gasteiger partial charge in [-0.2, -0.15) is 0 Å². The van der Waals surface area contributed by atoms with Crippen LogP contribution in [0, 0.1) is 0 Å². The number of fused-ring (bicyclic) bond motifs is 1. The highest BCUT2D eigenvalue weighted by molar-refractivity contribution is 6.20. The predicted octanol–water partition coefficient (Wildman–Crippen LogP) is 1.35. The van der Waals surface area contributed by atoms with Crippen molar-refractivity contribution in [1.29, 1.82) is 0 Å². The average Bonchev–Trinajstić information content (AvgIpc) is 2.89. The number of rotatable bonds is 1. The Bertz CT molecular complexity index is 701. The van der Waals surface area contributed by atoms with Crippen LogP contribution in [0.5, 0.6) is 0 Å². The third-order valence-corrected chi connectivity index (χ3v) is 3.11. The van der Waals surface area contributed by atoms with Gasteiger partial charge in [-0.1, -0.05) is 12.1 Å². The van der Waals surface area contributed by atoms with E-state index in [0.29, 0.717) is 11.0 Å². The molecule has 0 saturated carbocycles. The average molecular weight is 257 g/mol. The van der Waals surface area contributed by atoms with Crippen molar-refractivity contribution in [2.24, 2.45) is 0 Å². The molecular weight excluding hydrogens is 246 g/mol. The smallest absolute Gasteiger partial charge is 0.236 e. The van der Waals surface area contributed by atoms with Gasteiger partial charge in [-0.05, 0) is 12.1 Å². The van der Waals surface area contributed by atoms with Crippen LogP contribution >= 0.6 is 0 Å². The fourth-order valence-corrected chi connectivity index (χ4v) is 2.27. The molecule has 3 rings (SSSR count). The van der Waals surface area contributed by atoms with E-state index in [9.17, 15) is 14.4 Å². The number of para-hydroxylation sites is 2. The number of anilines is 1. The Morgan fingerprint density at radius 1 is 1.16 bits per heavy atom. The first kappa shape index (κ1) is 11.6. The van der Waals surface area contributed by atoms with E-state index in [1.807, 2.05) is 0 Å². The number of aromatic nitrogens is 2. The monoisotopic (exact) mass is 257 g/mol. The molecule has 1 fully saturated rings. The fraction of sp³-hybridized carbons (Fsp3) is 0.231. The number of hydrogen-bond donors (Lipinski definition) is 0. The van der Waals surface area contributed by atoms with Crippen LogP contribution in [0.1, 0.15) is 24.6 Å². The van der Waals surface area contributed by atoms with Gasteiger partial charge >= 0.3 is 0 Å². The molecule has 0 radical (unpaired) electrons. The van der Waals surface area contributed by atoms with E-state index >= 15 is 0 Å². The molecule has 1 aromatic heterocycles. The van der Waals surface area contributed by atoms with Crippen molar-refractivity contribution in [3.8, 4) is 0 Å². The molecular formula is C13H11N3O3. The lowest BCUT2D eigenvalue weighted by atomic mass is 10.3. The molecule has 1 aliphatic heterocycles. The zero-order valence-corrected chi connectivity index (χ0v) is 10.3. The molecule has 96 valence electrons. The van der Waals surface area contributed by atoms with Crippen molar-refractivity contribution in [3.63, 3.8) is 0 Å². The molecule has 0 bridgehead atoms. The molecule has 0 atom stereocenters. The van der Waals surface area contributed by atoms with Crippen LogP contribution in [0.3, 0.4) is 0 Å². The lowest BCUT2D eigenvalue weighted by Gasteiger charge is -2.13. The summed E-state index contributed by atoms with van der Waals surface area (Å²) < 4.78 is 1.30. The maximum atomic E-state index is 11.8. The summed E-state index contributed by atoms with van der Waals surface area (Å²) in [4.78, 5) is 40.6. The zero-order valence-electron chi connectivity index (χ0n) is 10.3. The number of benzene rings is 1. The third kappa shape index (κ3) is 1.64. The van der Waals surface area contributed by atoms with Crippen molar-refractivity contribution < 1.29 is 14.4 Å². The minimum Gasteiger partial charge on any atom is -0.274 e. The summed E-state index contributed by atoms with van der Waals surface area (Å²) in [5.74, 6) is -0.817. The maximum Gasteiger partial charge on any atom is 0.236 e. The van der Waals surface area contributed by atoms with Gasteiger partial charge in [0.25, 0.3) is 0 Å². The first-order chi connectivity index (χ1) is 9.09. The maximum absolute atomic E-state index is 11.8. The Morgan fingerprint density at radius 2 is 1.79 bits per heavy atom. The van der Waals surface area contributed by atoms with Crippen LogP contribution in [0.25, 0.3) is 11.0 Å². The van der Waals surface area contributed by atoms with Crippen molar-refractivity contribution in [1.82, 2.24) is 9.55 Å². The molecule has 2 heterocycles. The minimum absolute atomic E-state index is 0.0983. The van der Waals surface area contributed by atoms with Gasteiger partial charge in [-0.15, -0.1) is 0 Å². The summed E-state index contributed by atoms with van der Waals surface area (Å²) in [6.07, 6.45) is 0.333. The van der Waals surface area contributed by atoms with Crippen LogP contribution in [0.15, 0.2) is 24.3 Å². The first-order valence-corrected chi connectivity index (χ1v) is 5.94. The van der Waals surface area contributed by atoms with Crippen molar-refractivity contribution >= 4 is 34.7 Å². The van der Waals surface area contributed by atoms with Gasteiger partial charge in [-0.3, -0.25) is 14.4 Å². The summed E-state index contributed by atoms with van der Waals surface area (Å²) in [6, 6.07) is 7.04. The summed E-state index contributed by atoms with van der Waals surface area (Å²) in [6.45, 7) is 1.38. The van der Waals surface area contributed by atoms with E-state index in [1.54, 1.807) is 24.3 Å². The topological polar surface area (TPSA) is 72.3 Å². The van der Waals surface area contributed by atoms with E-state index in [4.69, 9.17) is 0 Å². The van der Waals surface area contributed by atoms with E-state index in [2.05, 4.69) is 4.98 Å². The van der Waals surface area contributed by atoms with Crippen molar-refractivity contribution in [3.05, 3.63) is 24.3 Å². The highest BCUT2D eigenvalue weighted by atomic mass is 16.2. The quantitative estimate of drug-likeness (QED) is 0.723. The van der Waals surface area contributed by atoms with Crippen LogP contribution in [0.4, 0.5) is 5.95 Å². The largest absolute Gasteiger partial charge is 0.274 e. The number of amides is 2. The van der Waals surface area contributed by atoms with Crippen molar-refractivity contribution in [2.75, 3.05) is 4.90 Å². The van der Waals surface area contributed by atoms with Crippen LogP contribution in [-0.2, 0) is 9.59 Å². The number of imide groups is 1. The van der Waals surface area contributed by atoms with Crippen LogP contribution in [0.2, 0.25) is 0 Å². The van der Waals surface area contributed by atoms with E-state index in [1.165, 1.54) is 11.5 Å². The predicted molar refractivity (Wildman–Crippen MR) is 67.8 cm³/mol. The standard InChI is InChI=1S/C13H11N3O3/c1-8(17)15-10-5-3-2-4-9(10)14-13(15)16-11(18)6-7-12(16)19/h2-5H,6-7H2,1H3. The normalized spacial score (nSPS) is 15.5. The molecule has 0 N–H and O–H groups in total. The third-order valence-electron chi connectivity index (χ3n) is 3.11. The number of hydrogen-bond acceptors (Lipinski definition) is 4. The molecule has 1 saturated heterocycles. The second-order valence-electron chi connectivity index (χ2n) is 4.38. The molecule has 19 heavy (non-hydrogen) atoms. The lowest BCUT2D eigenvalue weighted by molar-refractivity contribution is -0.121. The highest BCUT2D eigenvalue weighted by Crippen LogP contribution is 2.26. The van der Waals surface area contributed by atoms with Crippen LogP contribution in [-0.4, -0.2) is 27.3 Å². The number of carbonyl (C=O) groups excluding carboxylic acids is 3. The number of imidazole rings is 1. The molecule has 1 aliphatic rings. The molecule has 2 amide bonds. The van der Waals surface area contributed by atoms with Gasteiger partial charge in [-0.25, -0.2) is 14.5 Å². The fourth-order valence-electron chi connectivity index (χ4n) is 2.27. The van der Waals surface area contributed by atoms with Crippen LogP contribution < -0.4 is 4.90 Å². The molecule has 6 nitrogen and oxygen atoms in total. The number of carbonyl (C=O) groups is 3. The molecule has 6 heteroatoms. The Kier molecular flexibility index (Phi) is 2.45. The van der Waals surface area contributed by atoms with E-state index in [-0.39, 0.29) is 36.5 Å². The van der Waals surface area contributed by atoms with Gasteiger partial charge in [0.15, 0.2) is 0 Å². The summed E-state index contributed by atoms with van der Waals surface area (Å²) in [7, 11) is 0. The summed E-state index contributed by atoms with van der Waals surface area (Å²) >= 11 is 0. The molecule has 0 unspecified atom stereocenters. The highest BCUT2D eigenvalue weighted by Gasteiger charge is 2.34. The minimum atomic E-state index is -0.317. The number of nitrogens with zero attached hydrogens (tertiary/aromatic N) is 3. The SMILES string of the molecule is CC(=O)n1c(N2C(=O)CCC2=O)nc2ccccc21. The Labute approximate surface area is 108 Å². The lowest BCUT2D eigenvalue weighted by Crippen LogP contribution is -2.32. The van der Waals surface area contributed by atoms with Gasteiger partial charge in [0, 0.05) is 19.8 Å². The Morgan fingerprint density at radius 3 is 2.42 bits per heavy atom. The first-order valence-electron chi connectivity index (χ1n) is 5.94. The molecule has 2 aromatic rings. The molecule has 0 aliphatic carbocycles. The second kappa shape index (κ2) is 4.01.